The minimum atomic E-state index is -0.169. The Hall–Kier alpha value is -1.75. The van der Waals surface area contributed by atoms with Gasteiger partial charge in [0.1, 0.15) is 5.75 Å². The SMILES string of the molecule is COc1cccc(CNC(=O)NCCCOC(C)C)c1. The van der Waals surface area contributed by atoms with E-state index < -0.39 is 0 Å². The highest BCUT2D eigenvalue weighted by Crippen LogP contribution is 2.11. The van der Waals surface area contributed by atoms with E-state index in [9.17, 15) is 4.79 Å². The second kappa shape index (κ2) is 9.20. The number of carbonyl (C=O) groups excluding carboxylic acids is 1. The van der Waals surface area contributed by atoms with Crippen molar-refractivity contribution in [2.75, 3.05) is 20.3 Å². The van der Waals surface area contributed by atoms with Crippen LogP contribution in [0.5, 0.6) is 5.75 Å². The van der Waals surface area contributed by atoms with E-state index in [1.807, 2.05) is 38.1 Å². The van der Waals surface area contributed by atoms with Crippen LogP contribution in [0, 0.1) is 0 Å². The Bertz CT molecular complexity index is 408. The molecular formula is C15H24N2O3. The molecule has 112 valence electrons. The molecule has 1 aromatic rings. The molecule has 0 radical (unpaired) electrons. The van der Waals surface area contributed by atoms with Gasteiger partial charge in [0.25, 0.3) is 0 Å². The van der Waals surface area contributed by atoms with Gasteiger partial charge in [-0.2, -0.15) is 0 Å². The van der Waals surface area contributed by atoms with Gasteiger partial charge in [-0.1, -0.05) is 12.1 Å². The summed E-state index contributed by atoms with van der Waals surface area (Å²) in [5, 5.41) is 5.60. The fourth-order valence-electron chi connectivity index (χ4n) is 1.62. The van der Waals surface area contributed by atoms with Crippen molar-refractivity contribution >= 4 is 6.03 Å². The normalized spacial score (nSPS) is 10.4. The summed E-state index contributed by atoms with van der Waals surface area (Å²) >= 11 is 0. The highest BCUT2D eigenvalue weighted by Gasteiger charge is 2.01. The van der Waals surface area contributed by atoms with Gasteiger partial charge >= 0.3 is 6.03 Å². The van der Waals surface area contributed by atoms with E-state index in [4.69, 9.17) is 9.47 Å². The summed E-state index contributed by atoms with van der Waals surface area (Å²) in [7, 11) is 1.62. The van der Waals surface area contributed by atoms with Crippen molar-refractivity contribution in [3.63, 3.8) is 0 Å². The number of hydrogen-bond acceptors (Lipinski definition) is 3. The first kappa shape index (κ1) is 16.3. The summed E-state index contributed by atoms with van der Waals surface area (Å²) in [5.41, 5.74) is 1.00. The summed E-state index contributed by atoms with van der Waals surface area (Å²) in [6.07, 6.45) is 1.04. The lowest BCUT2D eigenvalue weighted by Gasteiger charge is -2.10. The van der Waals surface area contributed by atoms with Crippen molar-refractivity contribution in [3.8, 4) is 5.75 Å². The molecule has 1 rings (SSSR count). The molecule has 20 heavy (non-hydrogen) atoms. The Labute approximate surface area is 120 Å². The van der Waals surface area contributed by atoms with Crippen LogP contribution in [0.4, 0.5) is 4.79 Å². The number of benzene rings is 1. The Balaban J connectivity index is 2.16. The molecule has 2 N–H and O–H groups in total. The molecule has 0 aliphatic heterocycles. The quantitative estimate of drug-likeness (QED) is 0.718. The summed E-state index contributed by atoms with van der Waals surface area (Å²) in [6, 6.07) is 7.45. The van der Waals surface area contributed by atoms with E-state index >= 15 is 0 Å². The third-order valence-electron chi connectivity index (χ3n) is 2.65. The lowest BCUT2D eigenvalue weighted by molar-refractivity contribution is 0.0774. The third kappa shape index (κ3) is 6.99. The van der Waals surface area contributed by atoms with Crippen LogP contribution >= 0.6 is 0 Å². The van der Waals surface area contributed by atoms with Gasteiger partial charge in [0.2, 0.25) is 0 Å². The zero-order chi connectivity index (χ0) is 14.8. The van der Waals surface area contributed by atoms with Crippen LogP contribution in [-0.4, -0.2) is 32.4 Å². The first-order valence-electron chi connectivity index (χ1n) is 6.88. The Morgan fingerprint density at radius 1 is 1.30 bits per heavy atom. The number of hydrogen-bond donors (Lipinski definition) is 2. The second-order valence-corrected chi connectivity index (χ2v) is 4.73. The monoisotopic (exact) mass is 280 g/mol. The van der Waals surface area contributed by atoms with Gasteiger partial charge in [0, 0.05) is 19.7 Å². The average Bonchev–Trinajstić information content (AvgIpc) is 2.44. The molecular weight excluding hydrogens is 256 g/mol. The molecule has 0 unspecified atom stereocenters. The number of nitrogens with one attached hydrogen (secondary N) is 2. The molecule has 5 heteroatoms. The average molecular weight is 280 g/mol. The third-order valence-corrected chi connectivity index (χ3v) is 2.65. The zero-order valence-electron chi connectivity index (χ0n) is 12.4. The van der Waals surface area contributed by atoms with Crippen LogP contribution in [0.2, 0.25) is 0 Å². The zero-order valence-corrected chi connectivity index (χ0v) is 12.4. The highest BCUT2D eigenvalue weighted by molar-refractivity contribution is 5.73. The standard InChI is InChI=1S/C15H24N2O3/c1-12(2)20-9-5-8-16-15(18)17-11-13-6-4-7-14(10-13)19-3/h4,6-7,10,12H,5,8-9,11H2,1-3H3,(H2,16,17,18). The Kier molecular flexibility index (Phi) is 7.50. The number of rotatable bonds is 8. The molecule has 2 amide bonds. The fraction of sp³-hybridized carbons (Fsp3) is 0.533. The number of urea groups is 1. The lowest BCUT2D eigenvalue weighted by atomic mass is 10.2. The maximum Gasteiger partial charge on any atom is 0.315 e. The smallest absolute Gasteiger partial charge is 0.315 e. The molecule has 1 aromatic carbocycles. The number of carbonyl (C=O) groups is 1. The van der Waals surface area contributed by atoms with E-state index in [0.29, 0.717) is 19.7 Å². The lowest BCUT2D eigenvalue weighted by Crippen LogP contribution is -2.35. The molecule has 0 saturated carbocycles. The predicted molar refractivity (Wildman–Crippen MR) is 78.9 cm³/mol. The van der Waals surface area contributed by atoms with Crippen LogP contribution in [0.1, 0.15) is 25.8 Å². The Morgan fingerprint density at radius 3 is 2.80 bits per heavy atom. The molecule has 0 aliphatic rings. The van der Waals surface area contributed by atoms with Gasteiger partial charge in [0.05, 0.1) is 13.2 Å². The molecule has 0 spiro atoms. The molecule has 0 saturated heterocycles. The first-order valence-corrected chi connectivity index (χ1v) is 6.88. The van der Waals surface area contributed by atoms with Crippen molar-refractivity contribution < 1.29 is 14.3 Å². The molecule has 5 nitrogen and oxygen atoms in total. The Morgan fingerprint density at radius 2 is 2.10 bits per heavy atom. The van der Waals surface area contributed by atoms with Crippen LogP contribution in [-0.2, 0) is 11.3 Å². The van der Waals surface area contributed by atoms with Crippen molar-refractivity contribution in [2.45, 2.75) is 32.9 Å². The summed E-state index contributed by atoms with van der Waals surface area (Å²) in [4.78, 5) is 11.6. The van der Waals surface area contributed by atoms with E-state index in [0.717, 1.165) is 17.7 Å². The van der Waals surface area contributed by atoms with Crippen LogP contribution < -0.4 is 15.4 Å². The minimum absolute atomic E-state index is 0.169. The number of methoxy groups -OCH3 is 1. The molecule has 0 fully saturated rings. The van der Waals surface area contributed by atoms with Crippen molar-refractivity contribution in [1.29, 1.82) is 0 Å². The van der Waals surface area contributed by atoms with E-state index in [2.05, 4.69) is 10.6 Å². The molecule has 0 aliphatic carbocycles. The van der Waals surface area contributed by atoms with E-state index in [1.165, 1.54) is 0 Å². The molecule has 0 atom stereocenters. The number of amides is 2. The van der Waals surface area contributed by atoms with Crippen molar-refractivity contribution in [1.82, 2.24) is 10.6 Å². The van der Waals surface area contributed by atoms with Crippen LogP contribution in [0.25, 0.3) is 0 Å². The van der Waals surface area contributed by atoms with Gasteiger partial charge in [-0.05, 0) is 38.0 Å². The van der Waals surface area contributed by atoms with Crippen LogP contribution in [0.3, 0.4) is 0 Å². The highest BCUT2D eigenvalue weighted by atomic mass is 16.5. The fourth-order valence-corrected chi connectivity index (χ4v) is 1.62. The van der Waals surface area contributed by atoms with Crippen molar-refractivity contribution in [3.05, 3.63) is 29.8 Å². The van der Waals surface area contributed by atoms with Crippen molar-refractivity contribution in [2.24, 2.45) is 0 Å². The first-order chi connectivity index (χ1) is 9.61. The van der Waals surface area contributed by atoms with Gasteiger partial charge in [0.15, 0.2) is 0 Å². The van der Waals surface area contributed by atoms with E-state index in [-0.39, 0.29) is 12.1 Å². The van der Waals surface area contributed by atoms with Gasteiger partial charge in [-0.15, -0.1) is 0 Å². The molecule has 0 heterocycles. The van der Waals surface area contributed by atoms with E-state index in [1.54, 1.807) is 7.11 Å². The maximum atomic E-state index is 11.6. The maximum absolute atomic E-state index is 11.6. The van der Waals surface area contributed by atoms with Gasteiger partial charge in [-0.3, -0.25) is 0 Å². The summed E-state index contributed by atoms with van der Waals surface area (Å²) < 4.78 is 10.5. The largest absolute Gasteiger partial charge is 0.497 e. The predicted octanol–water partition coefficient (Wildman–Crippen LogP) is 2.31. The topological polar surface area (TPSA) is 59.6 Å². The summed E-state index contributed by atoms with van der Waals surface area (Å²) in [6.45, 7) is 5.73. The van der Waals surface area contributed by atoms with Gasteiger partial charge in [-0.25, -0.2) is 4.79 Å². The molecule has 0 aromatic heterocycles. The summed E-state index contributed by atoms with van der Waals surface area (Å²) in [5.74, 6) is 0.788. The van der Waals surface area contributed by atoms with Gasteiger partial charge < -0.3 is 20.1 Å². The second-order valence-electron chi connectivity index (χ2n) is 4.73. The minimum Gasteiger partial charge on any atom is -0.497 e. The van der Waals surface area contributed by atoms with Crippen LogP contribution in [0.15, 0.2) is 24.3 Å². The number of ether oxygens (including phenoxy) is 2. The molecule has 0 bridgehead atoms.